The van der Waals surface area contributed by atoms with Crippen molar-refractivity contribution in [2.75, 3.05) is 5.73 Å². The monoisotopic (exact) mass is 403 g/mol. The maximum Gasteiger partial charge on any atom is 0.158 e. The minimum absolute atomic E-state index is 0.0113. The number of nitrogens with zero attached hydrogens (tertiary/aromatic N) is 2. The molecule has 1 unspecified atom stereocenters. The molecule has 1 aromatic rings. The third kappa shape index (κ3) is 5.86. The van der Waals surface area contributed by atoms with Crippen molar-refractivity contribution in [3.05, 3.63) is 59.6 Å². The molecule has 29 heavy (non-hydrogen) atoms. The molecule has 0 spiro atoms. The summed E-state index contributed by atoms with van der Waals surface area (Å²) in [5, 5.41) is 0. The Kier molecular flexibility index (Phi) is 9.45. The van der Waals surface area contributed by atoms with Crippen LogP contribution in [0.4, 0.5) is 14.5 Å². The van der Waals surface area contributed by atoms with Crippen LogP contribution in [0.2, 0.25) is 0 Å². The largest absolute Gasteiger partial charge is 0.396 e. The molecule has 4 nitrogen and oxygen atoms in total. The van der Waals surface area contributed by atoms with Gasteiger partial charge in [0.2, 0.25) is 0 Å². The average molecular weight is 404 g/mol. The number of ketones is 1. The van der Waals surface area contributed by atoms with Crippen LogP contribution in [0.3, 0.4) is 0 Å². The third-order valence-electron chi connectivity index (χ3n) is 4.70. The highest BCUT2D eigenvalue weighted by atomic mass is 19.1. The van der Waals surface area contributed by atoms with Gasteiger partial charge in [0.1, 0.15) is 5.82 Å². The second-order valence-corrected chi connectivity index (χ2v) is 6.85. The number of hydrogen-bond donors (Lipinski definition) is 1. The van der Waals surface area contributed by atoms with Crippen molar-refractivity contribution in [2.45, 2.75) is 53.9 Å². The summed E-state index contributed by atoms with van der Waals surface area (Å²) in [5.74, 6) is -1.70. The molecule has 0 radical (unpaired) electrons. The molecule has 0 amide bonds. The van der Waals surface area contributed by atoms with Crippen molar-refractivity contribution in [3.63, 3.8) is 0 Å². The first-order chi connectivity index (χ1) is 13.7. The minimum Gasteiger partial charge on any atom is -0.396 e. The Bertz CT molecular complexity index is 839. The van der Waals surface area contributed by atoms with Crippen LogP contribution in [0.25, 0.3) is 5.70 Å². The molecule has 0 saturated carbocycles. The Balaban J connectivity index is 0.000000960. The molecule has 0 aliphatic carbocycles. The van der Waals surface area contributed by atoms with Crippen LogP contribution in [0.5, 0.6) is 0 Å². The van der Waals surface area contributed by atoms with Crippen molar-refractivity contribution >= 4 is 23.4 Å². The van der Waals surface area contributed by atoms with E-state index in [2.05, 4.69) is 25.4 Å². The summed E-state index contributed by atoms with van der Waals surface area (Å²) >= 11 is 0. The number of nitrogens with two attached hydrogens (primary N) is 1. The van der Waals surface area contributed by atoms with Gasteiger partial charge in [-0.3, -0.25) is 9.79 Å². The van der Waals surface area contributed by atoms with Gasteiger partial charge in [0.15, 0.2) is 11.6 Å². The summed E-state index contributed by atoms with van der Waals surface area (Å²) in [4.78, 5) is 17.8. The van der Waals surface area contributed by atoms with Crippen LogP contribution >= 0.6 is 0 Å². The lowest BCUT2D eigenvalue weighted by Gasteiger charge is -2.26. The number of carbonyl (C=O) groups excluding carboxylic acids is 1. The van der Waals surface area contributed by atoms with Gasteiger partial charge in [-0.15, -0.1) is 0 Å². The number of hydrogen-bond acceptors (Lipinski definition) is 4. The van der Waals surface area contributed by atoms with Gasteiger partial charge in [0, 0.05) is 18.0 Å². The summed E-state index contributed by atoms with van der Waals surface area (Å²) in [7, 11) is 0. The molecule has 0 bridgehead atoms. The van der Waals surface area contributed by atoms with E-state index in [-0.39, 0.29) is 28.6 Å². The highest BCUT2D eigenvalue weighted by Gasteiger charge is 2.24. The lowest BCUT2D eigenvalue weighted by Crippen LogP contribution is -2.22. The summed E-state index contributed by atoms with van der Waals surface area (Å²) in [6.45, 7) is 13.5. The Morgan fingerprint density at radius 1 is 1.28 bits per heavy atom. The standard InChI is InChI=1S/C19H21F2N3O.C4H10/c1-5-11(3)17(12(4)25)16-9-23-15(10-24(16)6-2)18-13(20)7-8-14(22)19(18)21;1-3-4-2/h6-11H,2,5,22H2,1,3-4H3;3-4H2,1-2H3/b17-16+;. The number of aliphatic imine (C=N–C) groups is 1. The van der Waals surface area contributed by atoms with E-state index in [1.165, 1.54) is 38.4 Å². The number of halogens is 2. The lowest BCUT2D eigenvalue weighted by atomic mass is 9.92. The summed E-state index contributed by atoms with van der Waals surface area (Å²) in [5.41, 5.74) is 6.26. The molecule has 158 valence electrons. The van der Waals surface area contributed by atoms with Gasteiger partial charge in [0.05, 0.1) is 28.9 Å². The van der Waals surface area contributed by atoms with E-state index in [4.69, 9.17) is 5.73 Å². The Morgan fingerprint density at radius 3 is 2.38 bits per heavy atom. The van der Waals surface area contributed by atoms with Crippen LogP contribution in [-0.4, -0.2) is 16.9 Å². The van der Waals surface area contributed by atoms with Crippen LogP contribution in [0.15, 0.2) is 47.4 Å². The third-order valence-corrected chi connectivity index (χ3v) is 4.70. The van der Waals surface area contributed by atoms with Crippen molar-refractivity contribution in [3.8, 4) is 0 Å². The molecule has 1 aliphatic rings. The van der Waals surface area contributed by atoms with Gasteiger partial charge in [-0.2, -0.15) is 0 Å². The predicted molar refractivity (Wildman–Crippen MR) is 117 cm³/mol. The topological polar surface area (TPSA) is 58.7 Å². The number of nitrogen functional groups attached to an aromatic ring is 1. The van der Waals surface area contributed by atoms with Crippen molar-refractivity contribution in [1.29, 1.82) is 0 Å². The maximum absolute atomic E-state index is 14.3. The van der Waals surface area contributed by atoms with Crippen LogP contribution in [-0.2, 0) is 4.79 Å². The Hall–Kier alpha value is -2.76. The van der Waals surface area contributed by atoms with Crippen molar-refractivity contribution in [1.82, 2.24) is 4.90 Å². The van der Waals surface area contributed by atoms with E-state index in [1.54, 1.807) is 4.90 Å². The Labute approximate surface area is 172 Å². The quantitative estimate of drug-likeness (QED) is 0.463. The van der Waals surface area contributed by atoms with E-state index in [0.29, 0.717) is 11.3 Å². The first-order valence-corrected chi connectivity index (χ1v) is 9.88. The summed E-state index contributed by atoms with van der Waals surface area (Å²) in [6.07, 6.45) is 7.75. The second kappa shape index (κ2) is 11.3. The number of benzene rings is 1. The molecule has 0 fully saturated rings. The minimum atomic E-state index is -0.867. The SMILES string of the molecule is C=CN1C=C(c2c(F)ccc(N)c2F)N=C/C1=C(\C(C)=O)C(C)CC.CCCC. The van der Waals surface area contributed by atoms with Gasteiger partial charge < -0.3 is 10.6 Å². The molecule has 1 aliphatic heterocycles. The molecule has 1 atom stereocenters. The zero-order chi connectivity index (χ0) is 22.1. The molecule has 6 heteroatoms. The number of Topliss-reactive ketones (excluding diaryl/α,β-unsaturated/α-hetero) is 1. The first kappa shape index (κ1) is 24.3. The number of carbonyl (C=O) groups is 1. The molecule has 0 saturated heterocycles. The summed E-state index contributed by atoms with van der Waals surface area (Å²) < 4.78 is 28.3. The van der Waals surface area contributed by atoms with E-state index < -0.39 is 11.6 Å². The molecular weight excluding hydrogens is 372 g/mol. The predicted octanol–water partition coefficient (Wildman–Crippen LogP) is 6.07. The summed E-state index contributed by atoms with van der Waals surface area (Å²) in [6, 6.07) is 2.25. The van der Waals surface area contributed by atoms with Gasteiger partial charge in [0.25, 0.3) is 0 Å². The smallest absolute Gasteiger partial charge is 0.158 e. The fourth-order valence-corrected chi connectivity index (χ4v) is 2.71. The van der Waals surface area contributed by atoms with E-state index in [9.17, 15) is 13.6 Å². The molecule has 2 rings (SSSR count). The molecule has 2 N–H and O–H groups in total. The molecule has 1 aromatic carbocycles. The first-order valence-electron chi connectivity index (χ1n) is 9.88. The van der Waals surface area contributed by atoms with Gasteiger partial charge >= 0.3 is 0 Å². The number of unbranched alkanes of at least 4 members (excludes halogenated alkanes) is 1. The van der Waals surface area contributed by atoms with Crippen molar-refractivity contribution in [2.24, 2.45) is 10.9 Å². The Morgan fingerprint density at radius 2 is 1.90 bits per heavy atom. The van der Waals surface area contributed by atoms with E-state index in [1.807, 2.05) is 13.8 Å². The molecular formula is C23H31F2N3O. The zero-order valence-corrected chi connectivity index (χ0v) is 17.9. The lowest BCUT2D eigenvalue weighted by molar-refractivity contribution is -0.114. The van der Waals surface area contributed by atoms with Crippen LogP contribution in [0, 0.1) is 17.6 Å². The van der Waals surface area contributed by atoms with E-state index >= 15 is 0 Å². The van der Waals surface area contributed by atoms with Gasteiger partial charge in [-0.05, 0) is 31.4 Å². The molecule has 0 aromatic heterocycles. The van der Waals surface area contributed by atoms with Crippen LogP contribution in [0.1, 0.15) is 59.4 Å². The average Bonchev–Trinajstić information content (AvgIpc) is 2.71. The fraction of sp³-hybridized carbons (Fsp3) is 0.391. The highest BCUT2D eigenvalue weighted by molar-refractivity contribution is 6.01. The zero-order valence-electron chi connectivity index (χ0n) is 17.9. The molecule has 1 heterocycles. The van der Waals surface area contributed by atoms with Crippen molar-refractivity contribution < 1.29 is 13.6 Å². The normalized spacial score (nSPS) is 15.8. The van der Waals surface area contributed by atoms with Gasteiger partial charge in [-0.1, -0.05) is 47.1 Å². The number of rotatable bonds is 6. The van der Waals surface area contributed by atoms with E-state index in [0.717, 1.165) is 18.6 Å². The number of allylic oxidation sites excluding steroid dienone is 2. The maximum atomic E-state index is 14.3. The second-order valence-electron chi connectivity index (χ2n) is 6.85. The highest BCUT2D eigenvalue weighted by Crippen LogP contribution is 2.31. The number of anilines is 1. The fourth-order valence-electron chi connectivity index (χ4n) is 2.71. The van der Waals surface area contributed by atoms with Crippen LogP contribution < -0.4 is 5.73 Å². The van der Waals surface area contributed by atoms with Gasteiger partial charge in [-0.25, -0.2) is 8.78 Å².